The highest BCUT2D eigenvalue weighted by Crippen LogP contribution is 2.22. The van der Waals surface area contributed by atoms with Gasteiger partial charge in [0, 0.05) is 10.0 Å². The molecule has 0 atom stereocenters. The molecular weight excluding hydrogens is 308 g/mol. The van der Waals surface area contributed by atoms with Gasteiger partial charge in [0.15, 0.2) is 0 Å². The first-order valence-corrected chi connectivity index (χ1v) is 6.76. The van der Waals surface area contributed by atoms with Gasteiger partial charge in [-0.05, 0) is 26.0 Å². The van der Waals surface area contributed by atoms with Crippen LogP contribution in [0.25, 0.3) is 0 Å². The molecule has 0 fully saturated rings. The van der Waals surface area contributed by atoms with E-state index in [1.54, 1.807) is 13.0 Å². The molecule has 0 spiro atoms. The maximum Gasteiger partial charge on any atom is 0.310 e. The zero-order chi connectivity index (χ0) is 14.3. The van der Waals surface area contributed by atoms with E-state index in [9.17, 15) is 4.79 Å². The van der Waals surface area contributed by atoms with Gasteiger partial charge in [0.2, 0.25) is 0 Å². The largest absolute Gasteiger partial charge is 0.466 e. The minimum atomic E-state index is -0.259. The maximum atomic E-state index is 11.5. The van der Waals surface area contributed by atoms with Gasteiger partial charge >= 0.3 is 5.97 Å². The SMILES string of the molecule is C=C(Br)/C=C(\C)Oc1ccccc1CC(=O)OCC. The second-order valence-corrected chi connectivity index (χ2v) is 4.91. The van der Waals surface area contributed by atoms with Gasteiger partial charge < -0.3 is 9.47 Å². The second-order valence-electron chi connectivity index (χ2n) is 3.89. The van der Waals surface area contributed by atoms with Crippen LogP contribution in [0.15, 0.2) is 47.2 Å². The lowest BCUT2D eigenvalue weighted by molar-refractivity contribution is -0.142. The zero-order valence-corrected chi connectivity index (χ0v) is 12.7. The molecule has 0 aliphatic heterocycles. The highest BCUT2D eigenvalue weighted by molar-refractivity contribution is 9.11. The minimum Gasteiger partial charge on any atom is -0.466 e. The molecule has 19 heavy (non-hydrogen) atoms. The summed E-state index contributed by atoms with van der Waals surface area (Å²) in [7, 11) is 0. The number of ether oxygens (including phenoxy) is 2. The van der Waals surface area contributed by atoms with E-state index >= 15 is 0 Å². The third kappa shape index (κ3) is 5.75. The van der Waals surface area contributed by atoms with Crippen molar-refractivity contribution in [3.8, 4) is 5.75 Å². The summed E-state index contributed by atoms with van der Waals surface area (Å²) in [6, 6.07) is 7.40. The fraction of sp³-hybridized carbons (Fsp3) is 0.267. The number of rotatable bonds is 6. The van der Waals surface area contributed by atoms with Crippen LogP contribution >= 0.6 is 15.9 Å². The average molecular weight is 325 g/mol. The number of allylic oxidation sites excluding steroid dienone is 3. The molecule has 0 N–H and O–H groups in total. The van der Waals surface area contributed by atoms with Gasteiger partial charge in [-0.1, -0.05) is 40.7 Å². The fourth-order valence-corrected chi connectivity index (χ4v) is 1.86. The Morgan fingerprint density at radius 3 is 2.74 bits per heavy atom. The molecule has 102 valence electrons. The van der Waals surface area contributed by atoms with Gasteiger partial charge in [0.1, 0.15) is 11.5 Å². The number of carbonyl (C=O) groups is 1. The molecule has 0 amide bonds. The summed E-state index contributed by atoms with van der Waals surface area (Å²) in [5, 5.41) is 0. The Balaban J connectivity index is 2.84. The van der Waals surface area contributed by atoms with E-state index in [1.807, 2.05) is 31.2 Å². The van der Waals surface area contributed by atoms with E-state index in [0.29, 0.717) is 18.1 Å². The Morgan fingerprint density at radius 1 is 1.42 bits per heavy atom. The van der Waals surface area contributed by atoms with E-state index in [2.05, 4.69) is 22.5 Å². The summed E-state index contributed by atoms with van der Waals surface area (Å²) < 4.78 is 11.4. The van der Waals surface area contributed by atoms with Crippen molar-refractivity contribution in [1.29, 1.82) is 0 Å². The van der Waals surface area contributed by atoms with Gasteiger partial charge in [0.05, 0.1) is 13.0 Å². The highest BCUT2D eigenvalue weighted by Gasteiger charge is 2.09. The van der Waals surface area contributed by atoms with Crippen molar-refractivity contribution in [2.24, 2.45) is 0 Å². The lowest BCUT2D eigenvalue weighted by Crippen LogP contribution is -2.08. The quantitative estimate of drug-likeness (QED) is 0.451. The number of halogens is 1. The number of benzene rings is 1. The average Bonchev–Trinajstić information content (AvgIpc) is 2.30. The number of para-hydroxylation sites is 1. The molecule has 0 heterocycles. The normalized spacial score (nSPS) is 11.0. The highest BCUT2D eigenvalue weighted by atomic mass is 79.9. The van der Waals surface area contributed by atoms with Crippen LogP contribution < -0.4 is 4.74 Å². The summed E-state index contributed by atoms with van der Waals surface area (Å²) in [4.78, 5) is 11.5. The third-order valence-electron chi connectivity index (χ3n) is 2.24. The van der Waals surface area contributed by atoms with Crippen LogP contribution in [-0.2, 0) is 16.0 Å². The Hall–Kier alpha value is -1.55. The molecule has 0 radical (unpaired) electrons. The molecule has 0 bridgehead atoms. The van der Waals surface area contributed by atoms with Gasteiger partial charge in [-0.2, -0.15) is 0 Å². The topological polar surface area (TPSA) is 35.5 Å². The number of esters is 1. The van der Waals surface area contributed by atoms with Crippen LogP contribution in [0.3, 0.4) is 0 Å². The van der Waals surface area contributed by atoms with Crippen LogP contribution in [0, 0.1) is 0 Å². The predicted molar refractivity (Wildman–Crippen MR) is 79.2 cm³/mol. The van der Waals surface area contributed by atoms with Crippen LogP contribution in [0.1, 0.15) is 19.4 Å². The predicted octanol–water partition coefficient (Wildman–Crippen LogP) is 3.98. The zero-order valence-electron chi connectivity index (χ0n) is 11.1. The molecule has 1 rings (SSSR count). The first kappa shape index (κ1) is 15.5. The number of hydrogen-bond acceptors (Lipinski definition) is 3. The lowest BCUT2D eigenvalue weighted by atomic mass is 10.1. The van der Waals surface area contributed by atoms with Gasteiger partial charge in [-0.3, -0.25) is 4.79 Å². The summed E-state index contributed by atoms with van der Waals surface area (Å²) in [6.45, 7) is 7.71. The second kappa shape index (κ2) is 7.79. The lowest BCUT2D eigenvalue weighted by Gasteiger charge is -2.11. The van der Waals surface area contributed by atoms with Crippen molar-refractivity contribution < 1.29 is 14.3 Å². The first-order chi connectivity index (χ1) is 9.02. The summed E-state index contributed by atoms with van der Waals surface area (Å²) in [5.74, 6) is 1.08. The standard InChI is InChI=1S/C15H17BrO3/c1-4-18-15(17)10-13-7-5-6-8-14(13)19-12(3)9-11(2)16/h5-9H,2,4,10H2,1,3H3/b12-9+. The van der Waals surface area contributed by atoms with E-state index in [0.717, 1.165) is 10.0 Å². The molecule has 0 saturated heterocycles. The van der Waals surface area contributed by atoms with Crippen molar-refractivity contribution in [2.45, 2.75) is 20.3 Å². The maximum absolute atomic E-state index is 11.5. The molecular formula is C15H17BrO3. The van der Waals surface area contributed by atoms with Crippen LogP contribution in [0.5, 0.6) is 5.75 Å². The van der Waals surface area contributed by atoms with Crippen molar-refractivity contribution >= 4 is 21.9 Å². The Kier molecular flexibility index (Phi) is 6.36. The van der Waals surface area contributed by atoms with Gasteiger partial charge in [-0.15, -0.1) is 0 Å². The number of hydrogen-bond donors (Lipinski definition) is 0. The van der Waals surface area contributed by atoms with E-state index in [1.165, 1.54) is 0 Å². The Bertz CT molecular complexity index is 492. The Morgan fingerprint density at radius 2 is 2.11 bits per heavy atom. The fourth-order valence-electron chi connectivity index (χ4n) is 1.54. The number of carbonyl (C=O) groups excluding carboxylic acids is 1. The van der Waals surface area contributed by atoms with Crippen LogP contribution in [0.4, 0.5) is 0 Å². The molecule has 3 nitrogen and oxygen atoms in total. The smallest absolute Gasteiger partial charge is 0.310 e. The van der Waals surface area contributed by atoms with E-state index < -0.39 is 0 Å². The molecule has 0 aliphatic rings. The summed E-state index contributed by atoms with van der Waals surface area (Å²) in [6.07, 6.45) is 1.97. The molecule has 0 saturated carbocycles. The van der Waals surface area contributed by atoms with E-state index in [-0.39, 0.29) is 12.4 Å². The minimum absolute atomic E-state index is 0.201. The van der Waals surface area contributed by atoms with Gasteiger partial charge in [0.25, 0.3) is 0 Å². The Labute approximate surface area is 122 Å². The van der Waals surface area contributed by atoms with Crippen LogP contribution in [0.2, 0.25) is 0 Å². The van der Waals surface area contributed by atoms with Crippen molar-refractivity contribution in [3.05, 3.63) is 52.7 Å². The molecule has 1 aromatic carbocycles. The molecule has 1 aromatic rings. The summed E-state index contributed by atoms with van der Waals surface area (Å²) in [5.41, 5.74) is 0.800. The molecule has 0 unspecified atom stereocenters. The molecule has 0 aromatic heterocycles. The van der Waals surface area contributed by atoms with E-state index in [4.69, 9.17) is 9.47 Å². The van der Waals surface area contributed by atoms with Crippen molar-refractivity contribution in [1.82, 2.24) is 0 Å². The monoisotopic (exact) mass is 324 g/mol. The summed E-state index contributed by atoms with van der Waals surface area (Å²) >= 11 is 3.24. The van der Waals surface area contributed by atoms with Crippen molar-refractivity contribution in [3.63, 3.8) is 0 Å². The first-order valence-electron chi connectivity index (χ1n) is 5.97. The van der Waals surface area contributed by atoms with Crippen LogP contribution in [-0.4, -0.2) is 12.6 Å². The molecule has 0 aliphatic carbocycles. The van der Waals surface area contributed by atoms with Crippen molar-refractivity contribution in [2.75, 3.05) is 6.61 Å². The van der Waals surface area contributed by atoms with Gasteiger partial charge in [-0.25, -0.2) is 0 Å². The third-order valence-corrected chi connectivity index (χ3v) is 2.47. The molecule has 4 heteroatoms.